The first-order valence-corrected chi connectivity index (χ1v) is 9.35. The van der Waals surface area contributed by atoms with Gasteiger partial charge in [-0.3, -0.25) is 5.32 Å². The lowest BCUT2D eigenvalue weighted by Crippen LogP contribution is -2.35. The number of alkyl carbamates (subject to hydrolysis) is 1. The Labute approximate surface area is 177 Å². The highest BCUT2D eigenvalue weighted by Crippen LogP contribution is 2.35. The number of carbonyl (C=O) groups is 2. The van der Waals surface area contributed by atoms with E-state index in [1.165, 1.54) is 13.4 Å². The van der Waals surface area contributed by atoms with E-state index in [-0.39, 0.29) is 41.2 Å². The first-order valence-electron chi connectivity index (χ1n) is 8.94. The van der Waals surface area contributed by atoms with Crippen molar-refractivity contribution in [1.29, 1.82) is 0 Å². The first-order chi connectivity index (χ1) is 14.5. The van der Waals surface area contributed by atoms with Crippen molar-refractivity contribution < 1.29 is 28.2 Å². The van der Waals surface area contributed by atoms with Crippen molar-refractivity contribution in [2.45, 2.75) is 13.5 Å². The van der Waals surface area contributed by atoms with Crippen molar-refractivity contribution in [2.75, 3.05) is 19.0 Å². The second-order valence-corrected chi connectivity index (χ2v) is 6.28. The van der Waals surface area contributed by atoms with E-state index in [4.69, 9.17) is 30.8 Å². The molecule has 0 radical (unpaired) electrons. The number of esters is 1. The molecule has 0 saturated heterocycles. The maximum atomic E-state index is 12.4. The van der Waals surface area contributed by atoms with Crippen molar-refractivity contribution in [3.63, 3.8) is 0 Å². The SMILES string of the molecule is CCOC(=O)NC(=S)Nc1nc(C(=O)OC)c(OCc2ccccc2)c2occc12. The molecule has 3 aromatic rings. The highest BCUT2D eigenvalue weighted by Gasteiger charge is 2.24. The number of benzene rings is 1. The van der Waals surface area contributed by atoms with E-state index in [0.29, 0.717) is 5.39 Å². The number of nitrogens with zero attached hydrogens (tertiary/aromatic N) is 1. The second-order valence-electron chi connectivity index (χ2n) is 5.87. The van der Waals surface area contributed by atoms with Crippen molar-refractivity contribution in [2.24, 2.45) is 0 Å². The monoisotopic (exact) mass is 429 g/mol. The van der Waals surface area contributed by atoms with Crippen LogP contribution in [0, 0.1) is 0 Å². The van der Waals surface area contributed by atoms with Gasteiger partial charge < -0.3 is 23.9 Å². The average Bonchev–Trinajstić information content (AvgIpc) is 3.23. The molecule has 10 heteroatoms. The van der Waals surface area contributed by atoms with Crippen LogP contribution in [-0.4, -0.2) is 35.9 Å². The molecule has 0 fully saturated rings. The molecular formula is C20H19N3O6S. The number of carbonyl (C=O) groups excluding carboxylic acids is 2. The van der Waals surface area contributed by atoms with Gasteiger partial charge in [0.05, 0.1) is 25.4 Å². The minimum atomic E-state index is -0.719. The average molecular weight is 429 g/mol. The lowest BCUT2D eigenvalue weighted by atomic mass is 10.2. The Hall–Kier alpha value is -3.66. The third-order valence-electron chi connectivity index (χ3n) is 3.89. The molecule has 2 heterocycles. The molecule has 2 N–H and O–H groups in total. The molecule has 1 amide bonds. The fourth-order valence-corrected chi connectivity index (χ4v) is 2.77. The van der Waals surface area contributed by atoms with Crippen LogP contribution in [0.4, 0.5) is 10.6 Å². The van der Waals surface area contributed by atoms with Gasteiger partial charge in [0.2, 0.25) is 0 Å². The summed E-state index contributed by atoms with van der Waals surface area (Å²) < 4.78 is 21.0. The summed E-state index contributed by atoms with van der Waals surface area (Å²) in [5.41, 5.74) is 1.08. The number of hydrogen-bond donors (Lipinski definition) is 2. The van der Waals surface area contributed by atoms with E-state index in [9.17, 15) is 9.59 Å². The molecule has 0 aliphatic heterocycles. The molecule has 0 unspecified atom stereocenters. The maximum Gasteiger partial charge on any atom is 0.413 e. The molecule has 0 aliphatic carbocycles. The van der Waals surface area contributed by atoms with Crippen molar-refractivity contribution in [3.8, 4) is 5.75 Å². The molecule has 0 bridgehead atoms. The van der Waals surface area contributed by atoms with E-state index in [0.717, 1.165) is 5.56 Å². The standard InChI is InChI=1S/C20H19N3O6S/c1-3-27-20(25)23-19(30)22-17-13-9-10-28-15(13)16(14(21-17)18(24)26-2)29-11-12-7-5-4-6-8-12/h4-10H,3,11H2,1-2H3,(H2,21,22,23,25,30). The maximum absolute atomic E-state index is 12.4. The molecule has 1 aromatic carbocycles. The minimum absolute atomic E-state index is 0.0581. The molecule has 30 heavy (non-hydrogen) atoms. The fourth-order valence-electron chi connectivity index (χ4n) is 2.59. The Bertz CT molecular complexity index is 1070. The van der Waals surface area contributed by atoms with Crippen LogP contribution in [0.5, 0.6) is 5.75 Å². The number of methoxy groups -OCH3 is 1. The quantitative estimate of drug-likeness (QED) is 0.448. The number of pyridine rings is 1. The number of amides is 1. The normalized spacial score (nSPS) is 10.3. The Morgan fingerprint density at radius 3 is 2.67 bits per heavy atom. The molecule has 2 aromatic heterocycles. The Balaban J connectivity index is 1.94. The summed E-state index contributed by atoms with van der Waals surface area (Å²) in [6.07, 6.45) is 0.713. The molecule has 0 spiro atoms. The Kier molecular flexibility index (Phi) is 6.81. The highest BCUT2D eigenvalue weighted by atomic mass is 32.1. The zero-order chi connectivity index (χ0) is 21.5. The molecule has 0 saturated carbocycles. The van der Waals surface area contributed by atoms with Gasteiger partial charge in [0.1, 0.15) is 12.4 Å². The highest BCUT2D eigenvalue weighted by molar-refractivity contribution is 7.80. The summed E-state index contributed by atoms with van der Waals surface area (Å²) in [4.78, 5) is 28.2. The van der Waals surface area contributed by atoms with Crippen LogP contribution >= 0.6 is 12.2 Å². The van der Waals surface area contributed by atoms with Gasteiger partial charge in [0.25, 0.3) is 0 Å². The molecule has 0 atom stereocenters. The molecule has 9 nitrogen and oxygen atoms in total. The minimum Gasteiger partial charge on any atom is -0.483 e. The molecule has 0 aliphatic rings. The molecule has 3 rings (SSSR count). The zero-order valence-corrected chi connectivity index (χ0v) is 17.1. The number of anilines is 1. The third-order valence-corrected chi connectivity index (χ3v) is 4.10. The number of furan rings is 1. The number of nitrogens with one attached hydrogen (secondary N) is 2. The summed E-state index contributed by atoms with van der Waals surface area (Å²) in [5, 5.41) is 5.56. The van der Waals surface area contributed by atoms with Gasteiger partial charge in [-0.1, -0.05) is 30.3 Å². The van der Waals surface area contributed by atoms with Crippen LogP contribution in [0.2, 0.25) is 0 Å². The van der Waals surface area contributed by atoms with Gasteiger partial charge in [-0.25, -0.2) is 14.6 Å². The van der Waals surface area contributed by atoms with Gasteiger partial charge in [-0.2, -0.15) is 0 Å². The van der Waals surface area contributed by atoms with Crippen LogP contribution in [0.15, 0.2) is 47.1 Å². The van der Waals surface area contributed by atoms with Crippen molar-refractivity contribution in [1.82, 2.24) is 10.3 Å². The van der Waals surface area contributed by atoms with Crippen LogP contribution in [0.3, 0.4) is 0 Å². The predicted molar refractivity (Wildman–Crippen MR) is 113 cm³/mol. The lowest BCUT2D eigenvalue weighted by molar-refractivity contribution is 0.0588. The second kappa shape index (κ2) is 9.70. The van der Waals surface area contributed by atoms with Gasteiger partial charge in [0.15, 0.2) is 22.1 Å². The van der Waals surface area contributed by atoms with Crippen LogP contribution in [0.25, 0.3) is 11.0 Å². The zero-order valence-electron chi connectivity index (χ0n) is 16.3. The number of thiocarbonyl (C=S) groups is 1. The van der Waals surface area contributed by atoms with E-state index in [1.807, 2.05) is 30.3 Å². The predicted octanol–water partition coefficient (Wildman–Crippen LogP) is 3.64. The number of rotatable bonds is 6. The molecular weight excluding hydrogens is 410 g/mol. The van der Waals surface area contributed by atoms with E-state index >= 15 is 0 Å². The van der Waals surface area contributed by atoms with Gasteiger partial charge in [-0.05, 0) is 30.8 Å². The smallest absolute Gasteiger partial charge is 0.413 e. The summed E-state index contributed by atoms with van der Waals surface area (Å²) in [7, 11) is 1.23. The number of fused-ring (bicyclic) bond motifs is 1. The summed E-state index contributed by atoms with van der Waals surface area (Å²) in [5.74, 6) is -0.391. The van der Waals surface area contributed by atoms with Gasteiger partial charge >= 0.3 is 12.1 Å². The Morgan fingerprint density at radius 1 is 1.20 bits per heavy atom. The van der Waals surface area contributed by atoms with Crippen molar-refractivity contribution in [3.05, 3.63) is 53.9 Å². The third kappa shape index (κ3) is 4.84. The van der Waals surface area contributed by atoms with Crippen LogP contribution < -0.4 is 15.4 Å². The van der Waals surface area contributed by atoms with Crippen LogP contribution in [-0.2, 0) is 16.1 Å². The number of ether oxygens (including phenoxy) is 3. The molecule has 156 valence electrons. The Morgan fingerprint density at radius 2 is 1.97 bits per heavy atom. The number of hydrogen-bond acceptors (Lipinski definition) is 8. The first kappa shape index (κ1) is 21.1. The van der Waals surface area contributed by atoms with E-state index in [1.54, 1.807) is 13.0 Å². The van der Waals surface area contributed by atoms with Gasteiger partial charge in [-0.15, -0.1) is 0 Å². The topological polar surface area (TPSA) is 112 Å². The van der Waals surface area contributed by atoms with Crippen molar-refractivity contribution >= 4 is 46.2 Å². The van der Waals surface area contributed by atoms with Crippen LogP contribution in [0.1, 0.15) is 23.0 Å². The fraction of sp³-hybridized carbons (Fsp3) is 0.200. The van der Waals surface area contributed by atoms with E-state index in [2.05, 4.69) is 15.6 Å². The summed E-state index contributed by atoms with van der Waals surface area (Å²) >= 11 is 5.11. The van der Waals surface area contributed by atoms with Gasteiger partial charge in [0, 0.05) is 0 Å². The lowest BCUT2D eigenvalue weighted by Gasteiger charge is -2.14. The summed E-state index contributed by atoms with van der Waals surface area (Å²) in [6.45, 7) is 2.06. The number of aromatic nitrogens is 1. The largest absolute Gasteiger partial charge is 0.483 e. The van der Waals surface area contributed by atoms with E-state index < -0.39 is 12.1 Å². The summed E-state index contributed by atoms with van der Waals surface area (Å²) in [6, 6.07) is 11.1.